The van der Waals surface area contributed by atoms with Gasteiger partial charge in [-0.25, -0.2) is 4.79 Å². The second-order valence-electron chi connectivity index (χ2n) is 5.76. The molecule has 1 aromatic rings. The number of aliphatic hydroxyl groups is 2. The van der Waals surface area contributed by atoms with Gasteiger partial charge < -0.3 is 24.4 Å². The number of ether oxygens (including phenoxy) is 3. The second kappa shape index (κ2) is 8.04. The Hall–Kier alpha value is -1.52. The topological polar surface area (TPSA) is 112 Å². The van der Waals surface area contributed by atoms with E-state index in [-0.39, 0.29) is 25.1 Å². The van der Waals surface area contributed by atoms with Crippen LogP contribution in [0.4, 0.5) is 0 Å². The van der Waals surface area contributed by atoms with Crippen molar-refractivity contribution in [1.82, 2.24) is 9.13 Å². The van der Waals surface area contributed by atoms with Gasteiger partial charge in [-0.05, 0) is 6.92 Å². The van der Waals surface area contributed by atoms with Crippen molar-refractivity contribution in [2.45, 2.75) is 51.0 Å². The molecule has 0 amide bonds. The lowest BCUT2D eigenvalue weighted by molar-refractivity contribution is -0.108. The zero-order valence-corrected chi connectivity index (χ0v) is 14.0. The molecule has 2 rings (SSSR count). The van der Waals surface area contributed by atoms with Crippen molar-refractivity contribution < 1.29 is 24.4 Å². The number of methoxy groups -OCH3 is 2. The van der Waals surface area contributed by atoms with E-state index in [1.54, 1.807) is 6.92 Å². The molecule has 0 unspecified atom stereocenters. The van der Waals surface area contributed by atoms with E-state index in [4.69, 9.17) is 19.3 Å². The van der Waals surface area contributed by atoms with Gasteiger partial charge in [0.15, 0.2) is 6.29 Å². The summed E-state index contributed by atoms with van der Waals surface area (Å²) in [6, 6.07) is 0. The van der Waals surface area contributed by atoms with Crippen molar-refractivity contribution >= 4 is 0 Å². The van der Waals surface area contributed by atoms with E-state index in [2.05, 4.69) is 0 Å². The van der Waals surface area contributed by atoms with Crippen LogP contribution in [0, 0.1) is 6.92 Å². The van der Waals surface area contributed by atoms with Crippen LogP contribution >= 0.6 is 0 Å². The smallest absolute Gasteiger partial charge is 0.333 e. The molecule has 1 fully saturated rings. The summed E-state index contributed by atoms with van der Waals surface area (Å²) in [7, 11) is 2.96. The van der Waals surface area contributed by atoms with Crippen LogP contribution in [0.1, 0.15) is 24.6 Å². The van der Waals surface area contributed by atoms with E-state index in [0.717, 1.165) is 4.57 Å². The molecule has 1 saturated heterocycles. The first-order chi connectivity index (χ1) is 11.4. The lowest BCUT2D eigenvalue weighted by Gasteiger charge is -2.18. The lowest BCUT2D eigenvalue weighted by atomic mass is 10.2. The quantitative estimate of drug-likeness (QED) is 0.608. The molecule has 0 aromatic carbocycles. The maximum Gasteiger partial charge on any atom is 0.333 e. The van der Waals surface area contributed by atoms with Gasteiger partial charge in [-0.2, -0.15) is 0 Å². The summed E-state index contributed by atoms with van der Waals surface area (Å²) >= 11 is 0. The number of hydrogen-bond acceptors (Lipinski definition) is 7. The SMILES string of the molecule is COC(CCn1c(=O)c(C)cn([C@H]2C[C@H](O)[C@@H](CO)O2)c1=O)OC. The van der Waals surface area contributed by atoms with Crippen LogP contribution in [0.25, 0.3) is 0 Å². The van der Waals surface area contributed by atoms with Crippen molar-refractivity contribution in [2.24, 2.45) is 0 Å². The molecule has 1 aliphatic heterocycles. The number of rotatable bonds is 7. The number of nitrogens with zero attached hydrogens (tertiary/aromatic N) is 2. The van der Waals surface area contributed by atoms with E-state index in [1.165, 1.54) is 25.0 Å². The van der Waals surface area contributed by atoms with E-state index in [1.807, 2.05) is 0 Å². The summed E-state index contributed by atoms with van der Waals surface area (Å²) < 4.78 is 18.0. The van der Waals surface area contributed by atoms with Gasteiger partial charge in [0.05, 0.1) is 12.7 Å². The molecule has 24 heavy (non-hydrogen) atoms. The van der Waals surface area contributed by atoms with Crippen LogP contribution in [-0.4, -0.2) is 58.7 Å². The monoisotopic (exact) mass is 344 g/mol. The van der Waals surface area contributed by atoms with Gasteiger partial charge in [0, 0.05) is 45.4 Å². The second-order valence-corrected chi connectivity index (χ2v) is 5.76. The normalized spacial score (nSPS) is 24.0. The van der Waals surface area contributed by atoms with Crippen LogP contribution in [0.15, 0.2) is 15.8 Å². The van der Waals surface area contributed by atoms with Gasteiger partial charge in [0.25, 0.3) is 5.56 Å². The molecular weight excluding hydrogens is 320 g/mol. The van der Waals surface area contributed by atoms with Gasteiger partial charge >= 0.3 is 5.69 Å². The Morgan fingerprint density at radius 1 is 1.38 bits per heavy atom. The summed E-state index contributed by atoms with van der Waals surface area (Å²) in [4.78, 5) is 24.9. The fraction of sp³-hybridized carbons (Fsp3) is 0.733. The molecule has 0 radical (unpaired) electrons. The Morgan fingerprint density at radius 3 is 2.58 bits per heavy atom. The highest BCUT2D eigenvalue weighted by atomic mass is 16.7. The van der Waals surface area contributed by atoms with Gasteiger partial charge in [-0.3, -0.25) is 13.9 Å². The van der Waals surface area contributed by atoms with Crippen molar-refractivity contribution in [1.29, 1.82) is 0 Å². The Kier molecular flexibility index (Phi) is 6.30. The van der Waals surface area contributed by atoms with Gasteiger partial charge in [-0.1, -0.05) is 0 Å². The van der Waals surface area contributed by atoms with Crippen LogP contribution < -0.4 is 11.2 Å². The molecule has 0 saturated carbocycles. The number of aryl methyl sites for hydroxylation is 1. The first-order valence-electron chi connectivity index (χ1n) is 7.75. The third-order valence-corrected chi connectivity index (χ3v) is 4.18. The third-order valence-electron chi connectivity index (χ3n) is 4.18. The van der Waals surface area contributed by atoms with E-state index in [9.17, 15) is 14.7 Å². The average Bonchev–Trinajstić information content (AvgIpc) is 2.95. The molecular formula is C15H24N2O7. The maximum absolute atomic E-state index is 12.6. The van der Waals surface area contributed by atoms with Crippen LogP contribution in [0.3, 0.4) is 0 Å². The number of hydrogen-bond donors (Lipinski definition) is 2. The molecule has 9 nitrogen and oxygen atoms in total. The highest BCUT2D eigenvalue weighted by Gasteiger charge is 2.35. The van der Waals surface area contributed by atoms with Crippen molar-refractivity contribution in [3.63, 3.8) is 0 Å². The molecule has 0 aliphatic carbocycles. The minimum Gasteiger partial charge on any atom is -0.394 e. The third kappa shape index (κ3) is 3.76. The zero-order valence-electron chi connectivity index (χ0n) is 14.0. The predicted molar refractivity (Wildman–Crippen MR) is 83.7 cm³/mol. The molecule has 136 valence electrons. The van der Waals surface area contributed by atoms with E-state index < -0.39 is 30.4 Å². The average molecular weight is 344 g/mol. The molecule has 0 bridgehead atoms. The summed E-state index contributed by atoms with van der Waals surface area (Å²) in [5.74, 6) is 0. The molecule has 2 N–H and O–H groups in total. The standard InChI is InChI=1S/C15H24N2O7/c1-9-7-17(12-6-10(19)11(8-18)24-12)15(21)16(14(9)20)5-4-13(22-2)23-3/h7,10-13,18-19H,4-6,8H2,1-3H3/t10-,11+,12+/m0/s1. The van der Waals surface area contributed by atoms with E-state index in [0.29, 0.717) is 12.0 Å². The molecule has 9 heteroatoms. The fourth-order valence-corrected chi connectivity index (χ4v) is 2.78. The van der Waals surface area contributed by atoms with Crippen LogP contribution in [0.2, 0.25) is 0 Å². The number of aromatic nitrogens is 2. The number of aliphatic hydroxyl groups excluding tert-OH is 2. The largest absolute Gasteiger partial charge is 0.394 e. The van der Waals surface area contributed by atoms with Crippen LogP contribution in [-0.2, 0) is 20.8 Å². The fourth-order valence-electron chi connectivity index (χ4n) is 2.78. The molecule has 1 aromatic heterocycles. The van der Waals surface area contributed by atoms with Crippen molar-refractivity contribution in [2.75, 3.05) is 20.8 Å². The summed E-state index contributed by atoms with van der Waals surface area (Å²) in [5.41, 5.74) is -0.543. The lowest BCUT2D eigenvalue weighted by Crippen LogP contribution is -2.42. The Morgan fingerprint density at radius 2 is 2.04 bits per heavy atom. The van der Waals surface area contributed by atoms with Gasteiger partial charge in [0.2, 0.25) is 0 Å². The minimum atomic E-state index is -0.862. The maximum atomic E-state index is 12.6. The van der Waals surface area contributed by atoms with Gasteiger partial charge in [0.1, 0.15) is 12.3 Å². The molecule has 0 spiro atoms. The molecule has 1 aliphatic rings. The first-order valence-corrected chi connectivity index (χ1v) is 7.75. The molecule has 2 heterocycles. The van der Waals surface area contributed by atoms with Crippen LogP contribution in [0.5, 0.6) is 0 Å². The first kappa shape index (κ1) is 18.8. The zero-order chi connectivity index (χ0) is 17.9. The Labute approximate surface area is 139 Å². The summed E-state index contributed by atoms with van der Waals surface area (Å²) in [6.07, 6.45) is -0.930. The van der Waals surface area contributed by atoms with Crippen molar-refractivity contribution in [3.05, 3.63) is 32.6 Å². The van der Waals surface area contributed by atoms with E-state index >= 15 is 0 Å². The summed E-state index contributed by atoms with van der Waals surface area (Å²) in [6.45, 7) is 1.40. The molecule has 3 atom stereocenters. The highest BCUT2D eigenvalue weighted by Crippen LogP contribution is 2.27. The minimum absolute atomic E-state index is 0.129. The van der Waals surface area contributed by atoms with Gasteiger partial charge in [-0.15, -0.1) is 0 Å². The highest BCUT2D eigenvalue weighted by molar-refractivity contribution is 5.04. The predicted octanol–water partition coefficient (Wildman–Crippen LogP) is -1.03. The Bertz CT molecular complexity index is 665. The van der Waals surface area contributed by atoms with Crippen molar-refractivity contribution in [3.8, 4) is 0 Å². The summed E-state index contributed by atoms with van der Waals surface area (Å²) in [5, 5.41) is 19.0. The Balaban J connectivity index is 2.31.